The molecule has 0 saturated carbocycles. The molecule has 0 spiro atoms. The van der Waals surface area contributed by atoms with Gasteiger partial charge in [0, 0.05) is 19.7 Å². The maximum Gasteiger partial charge on any atom is 0.0698 e. The number of rotatable bonds is 2. The monoisotopic (exact) mass is 212 g/mol. The molecule has 0 amide bonds. The third-order valence-corrected chi connectivity index (χ3v) is 3.95. The molecule has 0 aliphatic carbocycles. The molecule has 0 bridgehead atoms. The van der Waals surface area contributed by atoms with Gasteiger partial charge in [0.2, 0.25) is 0 Å². The first-order valence-electron chi connectivity index (χ1n) is 6.29. The summed E-state index contributed by atoms with van der Waals surface area (Å²) in [6, 6.07) is 0.782. The van der Waals surface area contributed by atoms with E-state index in [9.17, 15) is 0 Å². The molecule has 3 unspecified atom stereocenters. The molecule has 0 aromatic rings. The zero-order valence-corrected chi connectivity index (χ0v) is 10.0. The molecular weight excluding hydrogens is 188 g/mol. The maximum atomic E-state index is 5.49. The molecule has 0 aromatic heterocycles. The summed E-state index contributed by atoms with van der Waals surface area (Å²) in [4.78, 5) is 2.66. The van der Waals surface area contributed by atoms with Gasteiger partial charge in [-0.25, -0.2) is 0 Å². The minimum Gasteiger partial charge on any atom is -0.380 e. The van der Waals surface area contributed by atoms with Crippen molar-refractivity contribution in [3.8, 4) is 0 Å². The predicted molar refractivity (Wildman–Crippen MR) is 62.0 cm³/mol. The molecule has 3 atom stereocenters. The van der Waals surface area contributed by atoms with E-state index in [0.717, 1.165) is 18.5 Å². The molecular formula is C12H24N2O. The van der Waals surface area contributed by atoms with Gasteiger partial charge in [0.25, 0.3) is 0 Å². The maximum absolute atomic E-state index is 5.49. The van der Waals surface area contributed by atoms with E-state index >= 15 is 0 Å². The van der Waals surface area contributed by atoms with E-state index in [-0.39, 0.29) is 0 Å². The predicted octanol–water partition coefficient (Wildman–Crippen LogP) is 1.10. The normalized spacial score (nSPS) is 39.2. The summed E-state index contributed by atoms with van der Waals surface area (Å²) in [6.45, 7) is 7.15. The lowest BCUT2D eigenvalue weighted by Crippen LogP contribution is -2.52. The number of nitrogens with one attached hydrogen (secondary N) is 1. The number of likely N-dealkylation sites (tertiary alicyclic amines) is 1. The highest BCUT2D eigenvalue weighted by Gasteiger charge is 2.30. The first-order chi connectivity index (χ1) is 7.31. The summed E-state index contributed by atoms with van der Waals surface area (Å²) in [5.41, 5.74) is 0. The molecule has 2 heterocycles. The van der Waals surface area contributed by atoms with Crippen molar-refractivity contribution < 1.29 is 4.74 Å². The van der Waals surface area contributed by atoms with Gasteiger partial charge in [0.15, 0.2) is 0 Å². The third kappa shape index (κ3) is 2.71. The van der Waals surface area contributed by atoms with E-state index in [1.54, 1.807) is 0 Å². The Morgan fingerprint density at radius 2 is 2.20 bits per heavy atom. The fourth-order valence-corrected chi connectivity index (χ4v) is 3.00. The Morgan fingerprint density at radius 3 is 2.93 bits per heavy atom. The fourth-order valence-electron chi connectivity index (χ4n) is 3.00. The van der Waals surface area contributed by atoms with Crippen molar-refractivity contribution in [2.75, 3.05) is 33.3 Å². The summed E-state index contributed by atoms with van der Waals surface area (Å²) in [5, 5.41) is 3.47. The van der Waals surface area contributed by atoms with Crippen LogP contribution in [-0.4, -0.2) is 50.3 Å². The second-order valence-corrected chi connectivity index (χ2v) is 5.03. The van der Waals surface area contributed by atoms with Gasteiger partial charge in [0.1, 0.15) is 0 Å². The van der Waals surface area contributed by atoms with Crippen LogP contribution >= 0.6 is 0 Å². The van der Waals surface area contributed by atoms with E-state index in [0.29, 0.717) is 6.10 Å². The Hall–Kier alpha value is -0.120. The van der Waals surface area contributed by atoms with E-state index in [2.05, 4.69) is 17.1 Å². The van der Waals surface area contributed by atoms with Gasteiger partial charge in [-0.15, -0.1) is 0 Å². The van der Waals surface area contributed by atoms with Crippen LogP contribution in [0.3, 0.4) is 0 Å². The lowest BCUT2D eigenvalue weighted by molar-refractivity contribution is -0.00148. The van der Waals surface area contributed by atoms with Crippen molar-refractivity contribution >= 4 is 0 Å². The molecule has 1 N–H and O–H groups in total. The van der Waals surface area contributed by atoms with Gasteiger partial charge in [-0.2, -0.15) is 0 Å². The summed E-state index contributed by atoms with van der Waals surface area (Å²) >= 11 is 0. The molecule has 88 valence electrons. The van der Waals surface area contributed by atoms with E-state index < -0.39 is 0 Å². The van der Waals surface area contributed by atoms with Gasteiger partial charge in [0.05, 0.1) is 6.10 Å². The van der Waals surface area contributed by atoms with Crippen molar-refractivity contribution in [2.45, 2.75) is 38.3 Å². The second kappa shape index (κ2) is 5.28. The third-order valence-electron chi connectivity index (χ3n) is 3.95. The largest absolute Gasteiger partial charge is 0.380 e. The number of hydrogen-bond donors (Lipinski definition) is 1. The molecule has 2 aliphatic rings. The van der Waals surface area contributed by atoms with Crippen molar-refractivity contribution in [3.63, 3.8) is 0 Å². The average molecular weight is 212 g/mol. The molecule has 3 heteroatoms. The topological polar surface area (TPSA) is 24.5 Å². The zero-order chi connectivity index (χ0) is 10.7. The summed E-state index contributed by atoms with van der Waals surface area (Å²) in [5.74, 6) is 0.786. The van der Waals surface area contributed by atoms with Gasteiger partial charge in [-0.05, 0) is 44.8 Å². The Balaban J connectivity index is 1.90. The molecule has 2 saturated heterocycles. The number of methoxy groups -OCH3 is 1. The lowest BCUT2D eigenvalue weighted by atomic mass is 9.91. The smallest absolute Gasteiger partial charge is 0.0698 e. The molecule has 0 aromatic carbocycles. The number of nitrogens with zero attached hydrogens (tertiary/aromatic N) is 1. The van der Waals surface area contributed by atoms with Gasteiger partial charge < -0.3 is 10.1 Å². The van der Waals surface area contributed by atoms with Crippen LogP contribution in [0.25, 0.3) is 0 Å². The first-order valence-corrected chi connectivity index (χ1v) is 6.29. The molecule has 0 radical (unpaired) electrons. The SMILES string of the molecule is COC1CCCN(C2CCNCC2C)C1. The Morgan fingerprint density at radius 1 is 1.33 bits per heavy atom. The highest BCUT2D eigenvalue weighted by atomic mass is 16.5. The average Bonchev–Trinajstić information content (AvgIpc) is 2.30. The van der Waals surface area contributed by atoms with Crippen LogP contribution in [0, 0.1) is 5.92 Å². The molecule has 2 aliphatic heterocycles. The van der Waals surface area contributed by atoms with Crippen molar-refractivity contribution in [1.29, 1.82) is 0 Å². The Bertz CT molecular complexity index is 198. The van der Waals surface area contributed by atoms with Crippen LogP contribution in [0.1, 0.15) is 26.2 Å². The van der Waals surface area contributed by atoms with Gasteiger partial charge in [-0.3, -0.25) is 4.90 Å². The van der Waals surface area contributed by atoms with Crippen molar-refractivity contribution in [2.24, 2.45) is 5.92 Å². The quantitative estimate of drug-likeness (QED) is 0.742. The van der Waals surface area contributed by atoms with Crippen molar-refractivity contribution in [1.82, 2.24) is 10.2 Å². The summed E-state index contributed by atoms with van der Waals surface area (Å²) < 4.78 is 5.49. The van der Waals surface area contributed by atoms with Crippen LogP contribution in [0.5, 0.6) is 0 Å². The van der Waals surface area contributed by atoms with E-state index in [1.165, 1.54) is 38.9 Å². The fraction of sp³-hybridized carbons (Fsp3) is 1.00. The minimum atomic E-state index is 0.473. The highest BCUT2D eigenvalue weighted by molar-refractivity contribution is 4.86. The Labute approximate surface area is 93.2 Å². The lowest BCUT2D eigenvalue weighted by Gasteiger charge is -2.42. The first kappa shape index (κ1) is 11.4. The van der Waals surface area contributed by atoms with Crippen LogP contribution < -0.4 is 5.32 Å². The van der Waals surface area contributed by atoms with Crippen LogP contribution in [0.2, 0.25) is 0 Å². The molecule has 3 nitrogen and oxygen atoms in total. The van der Waals surface area contributed by atoms with Crippen LogP contribution in [-0.2, 0) is 4.74 Å². The summed E-state index contributed by atoms with van der Waals surface area (Å²) in [7, 11) is 1.85. The minimum absolute atomic E-state index is 0.473. The highest BCUT2D eigenvalue weighted by Crippen LogP contribution is 2.22. The molecule has 15 heavy (non-hydrogen) atoms. The van der Waals surface area contributed by atoms with E-state index in [1.807, 2.05) is 7.11 Å². The van der Waals surface area contributed by atoms with E-state index in [4.69, 9.17) is 4.74 Å². The van der Waals surface area contributed by atoms with Crippen LogP contribution in [0.15, 0.2) is 0 Å². The van der Waals surface area contributed by atoms with Crippen molar-refractivity contribution in [3.05, 3.63) is 0 Å². The molecule has 2 fully saturated rings. The standard InChI is InChI=1S/C12H24N2O/c1-10-8-13-6-5-12(10)14-7-3-4-11(9-14)15-2/h10-13H,3-9H2,1-2H3. The second-order valence-electron chi connectivity index (χ2n) is 5.03. The number of hydrogen-bond acceptors (Lipinski definition) is 3. The zero-order valence-electron chi connectivity index (χ0n) is 10.0. The number of ether oxygens (including phenoxy) is 1. The number of piperidine rings is 2. The van der Waals surface area contributed by atoms with Gasteiger partial charge in [-0.1, -0.05) is 6.92 Å². The summed E-state index contributed by atoms with van der Waals surface area (Å²) in [6.07, 6.45) is 4.32. The Kier molecular flexibility index (Phi) is 4.00. The molecule has 2 rings (SSSR count). The van der Waals surface area contributed by atoms with Gasteiger partial charge >= 0.3 is 0 Å². The van der Waals surface area contributed by atoms with Crippen LogP contribution in [0.4, 0.5) is 0 Å².